The Hall–Kier alpha value is -2.75. The Bertz CT molecular complexity index is 1040. The van der Waals surface area contributed by atoms with E-state index in [1.54, 1.807) is 18.2 Å². The number of amides is 1. The van der Waals surface area contributed by atoms with Crippen LogP contribution in [0.3, 0.4) is 0 Å². The second-order valence-electron chi connectivity index (χ2n) is 7.25. The number of rotatable bonds is 6. The molecule has 0 saturated carbocycles. The van der Waals surface area contributed by atoms with Crippen LogP contribution in [-0.2, 0) is 26.1 Å². The summed E-state index contributed by atoms with van der Waals surface area (Å²) in [5.74, 6) is -1.24. The molecule has 0 aliphatic carbocycles. The number of nitrogens with two attached hydrogens (primary N) is 1. The Kier molecular flexibility index (Phi) is 6.55. The average Bonchev–Trinajstić information content (AvgIpc) is 2.71. The lowest BCUT2D eigenvalue weighted by Crippen LogP contribution is -2.48. The van der Waals surface area contributed by atoms with Gasteiger partial charge in [0.15, 0.2) is 0 Å². The Morgan fingerprint density at radius 1 is 1.07 bits per heavy atom. The maximum Gasteiger partial charge on any atom is 0.338 e. The maximum absolute atomic E-state index is 13.0. The minimum Gasteiger partial charge on any atom is -0.457 e. The molecule has 8 nitrogen and oxygen atoms in total. The van der Waals surface area contributed by atoms with Crippen LogP contribution in [0.5, 0.6) is 0 Å². The van der Waals surface area contributed by atoms with Gasteiger partial charge in [-0.2, -0.15) is 4.31 Å². The van der Waals surface area contributed by atoms with Crippen LogP contribution in [0.15, 0.2) is 53.4 Å². The van der Waals surface area contributed by atoms with Crippen molar-refractivity contribution < 1.29 is 27.5 Å². The van der Waals surface area contributed by atoms with E-state index in [1.165, 1.54) is 34.6 Å². The highest BCUT2D eigenvalue weighted by Crippen LogP contribution is 2.22. The van der Waals surface area contributed by atoms with Crippen LogP contribution in [-0.4, -0.2) is 49.9 Å². The largest absolute Gasteiger partial charge is 0.457 e. The van der Waals surface area contributed by atoms with Crippen LogP contribution in [0.2, 0.25) is 0 Å². The minimum absolute atomic E-state index is 0.0222. The van der Waals surface area contributed by atoms with Crippen molar-refractivity contribution in [2.75, 3.05) is 13.1 Å². The number of ether oxygens (including phenoxy) is 2. The monoisotopic (exact) mass is 432 g/mol. The SMILES string of the molecule is CC1CN(S(=O)(=O)c2cccc(C(=O)OCc3cccc(C(N)=O)c3)c2)CC(C)O1. The van der Waals surface area contributed by atoms with Gasteiger partial charge in [-0.15, -0.1) is 0 Å². The summed E-state index contributed by atoms with van der Waals surface area (Å²) in [6.45, 7) is 4.06. The molecule has 0 spiro atoms. The first-order chi connectivity index (χ1) is 14.2. The smallest absolute Gasteiger partial charge is 0.338 e. The van der Waals surface area contributed by atoms with E-state index in [-0.39, 0.29) is 42.4 Å². The molecule has 1 saturated heterocycles. The van der Waals surface area contributed by atoms with Crippen LogP contribution in [0.25, 0.3) is 0 Å². The normalized spacial score (nSPS) is 19.9. The first-order valence-corrected chi connectivity index (χ1v) is 10.9. The van der Waals surface area contributed by atoms with Gasteiger partial charge in [-0.25, -0.2) is 13.2 Å². The van der Waals surface area contributed by atoms with Gasteiger partial charge >= 0.3 is 5.97 Å². The lowest BCUT2D eigenvalue weighted by atomic mass is 10.1. The zero-order valence-electron chi connectivity index (χ0n) is 16.8. The number of hydrogen-bond donors (Lipinski definition) is 1. The van der Waals surface area contributed by atoms with E-state index < -0.39 is 21.9 Å². The predicted molar refractivity (Wildman–Crippen MR) is 109 cm³/mol. The highest BCUT2D eigenvalue weighted by atomic mass is 32.2. The number of esters is 1. The summed E-state index contributed by atoms with van der Waals surface area (Å²) in [6, 6.07) is 12.2. The molecule has 30 heavy (non-hydrogen) atoms. The van der Waals surface area contributed by atoms with Crippen molar-refractivity contribution >= 4 is 21.9 Å². The third-order valence-electron chi connectivity index (χ3n) is 4.68. The fraction of sp³-hybridized carbons (Fsp3) is 0.333. The van der Waals surface area contributed by atoms with E-state index in [9.17, 15) is 18.0 Å². The molecule has 2 N–H and O–H groups in total. The zero-order valence-corrected chi connectivity index (χ0v) is 17.6. The van der Waals surface area contributed by atoms with Gasteiger partial charge < -0.3 is 15.2 Å². The van der Waals surface area contributed by atoms with Crippen molar-refractivity contribution in [3.63, 3.8) is 0 Å². The summed E-state index contributed by atoms with van der Waals surface area (Å²) in [5, 5.41) is 0. The molecular formula is C21H24N2O6S. The molecule has 1 amide bonds. The van der Waals surface area contributed by atoms with Gasteiger partial charge in [0.1, 0.15) is 6.61 Å². The van der Waals surface area contributed by atoms with E-state index in [0.29, 0.717) is 11.1 Å². The molecule has 0 radical (unpaired) electrons. The molecule has 0 aromatic heterocycles. The first-order valence-electron chi connectivity index (χ1n) is 9.48. The fourth-order valence-corrected chi connectivity index (χ4v) is 4.94. The van der Waals surface area contributed by atoms with E-state index >= 15 is 0 Å². The number of nitrogens with zero attached hydrogens (tertiary/aromatic N) is 1. The molecule has 1 aliphatic heterocycles. The third kappa shape index (κ3) is 5.05. The Labute approximate surface area is 175 Å². The molecule has 9 heteroatoms. The van der Waals surface area contributed by atoms with Crippen molar-refractivity contribution in [2.24, 2.45) is 5.73 Å². The van der Waals surface area contributed by atoms with Gasteiger partial charge in [0.05, 0.1) is 22.7 Å². The van der Waals surface area contributed by atoms with Crippen molar-refractivity contribution in [2.45, 2.75) is 37.6 Å². The van der Waals surface area contributed by atoms with Crippen LogP contribution in [0.1, 0.15) is 40.1 Å². The second-order valence-corrected chi connectivity index (χ2v) is 9.19. The van der Waals surface area contributed by atoms with E-state index in [1.807, 2.05) is 13.8 Å². The van der Waals surface area contributed by atoms with Crippen molar-refractivity contribution in [3.05, 3.63) is 65.2 Å². The van der Waals surface area contributed by atoms with Gasteiger partial charge in [0.2, 0.25) is 15.9 Å². The number of benzene rings is 2. The second kappa shape index (κ2) is 8.95. The number of carbonyl (C=O) groups excluding carboxylic acids is 2. The summed E-state index contributed by atoms with van der Waals surface area (Å²) in [4.78, 5) is 23.7. The molecule has 2 atom stereocenters. The van der Waals surface area contributed by atoms with Crippen molar-refractivity contribution in [1.29, 1.82) is 0 Å². The van der Waals surface area contributed by atoms with Crippen molar-refractivity contribution in [3.8, 4) is 0 Å². The number of sulfonamides is 1. The minimum atomic E-state index is -3.77. The average molecular weight is 432 g/mol. The van der Waals surface area contributed by atoms with Crippen LogP contribution in [0, 0.1) is 0 Å². The molecule has 1 fully saturated rings. The Balaban J connectivity index is 1.74. The summed E-state index contributed by atoms with van der Waals surface area (Å²) in [6.07, 6.45) is -0.430. The summed E-state index contributed by atoms with van der Waals surface area (Å²) in [7, 11) is -3.77. The maximum atomic E-state index is 13.0. The zero-order chi connectivity index (χ0) is 21.9. The fourth-order valence-electron chi connectivity index (χ4n) is 3.31. The Morgan fingerprint density at radius 3 is 2.37 bits per heavy atom. The number of carbonyl (C=O) groups is 2. The summed E-state index contributed by atoms with van der Waals surface area (Å²) < 4.78 is 38.3. The van der Waals surface area contributed by atoms with Gasteiger partial charge in [-0.3, -0.25) is 4.79 Å². The van der Waals surface area contributed by atoms with Gasteiger partial charge in [-0.1, -0.05) is 18.2 Å². The van der Waals surface area contributed by atoms with E-state index in [4.69, 9.17) is 15.2 Å². The molecule has 1 aliphatic rings. The van der Waals surface area contributed by atoms with Crippen LogP contribution < -0.4 is 5.73 Å². The predicted octanol–water partition coefficient (Wildman–Crippen LogP) is 1.94. The highest BCUT2D eigenvalue weighted by molar-refractivity contribution is 7.89. The lowest BCUT2D eigenvalue weighted by molar-refractivity contribution is -0.0440. The molecule has 160 valence electrons. The highest BCUT2D eigenvalue weighted by Gasteiger charge is 2.32. The van der Waals surface area contributed by atoms with Gasteiger partial charge in [-0.05, 0) is 49.7 Å². The molecule has 2 unspecified atom stereocenters. The summed E-state index contributed by atoms with van der Waals surface area (Å²) >= 11 is 0. The molecule has 0 bridgehead atoms. The van der Waals surface area contributed by atoms with Gasteiger partial charge in [0.25, 0.3) is 0 Å². The standard InChI is InChI=1S/C21H24N2O6S/c1-14-11-23(12-15(2)29-14)30(26,27)19-8-4-7-18(10-19)21(25)28-13-16-5-3-6-17(9-16)20(22)24/h3-10,14-15H,11-13H2,1-2H3,(H2,22,24). The van der Waals surface area contributed by atoms with Crippen LogP contribution >= 0.6 is 0 Å². The summed E-state index contributed by atoms with van der Waals surface area (Å²) in [5.41, 5.74) is 6.28. The first kappa shape index (κ1) is 21.9. The number of primary amides is 1. The molecular weight excluding hydrogens is 408 g/mol. The van der Waals surface area contributed by atoms with Crippen LogP contribution in [0.4, 0.5) is 0 Å². The Morgan fingerprint density at radius 2 is 1.70 bits per heavy atom. The topological polar surface area (TPSA) is 116 Å². The van der Waals surface area contributed by atoms with E-state index in [0.717, 1.165) is 0 Å². The van der Waals surface area contributed by atoms with Crippen molar-refractivity contribution in [1.82, 2.24) is 4.31 Å². The number of morpholine rings is 1. The quantitative estimate of drug-likeness (QED) is 0.698. The van der Waals surface area contributed by atoms with Gasteiger partial charge in [0, 0.05) is 18.7 Å². The lowest BCUT2D eigenvalue weighted by Gasteiger charge is -2.34. The molecule has 2 aromatic rings. The molecule has 3 rings (SSSR count). The molecule has 1 heterocycles. The van der Waals surface area contributed by atoms with E-state index in [2.05, 4.69) is 0 Å². The third-order valence-corrected chi connectivity index (χ3v) is 6.50. The number of hydrogen-bond acceptors (Lipinski definition) is 6. The molecule has 2 aromatic carbocycles.